The van der Waals surface area contributed by atoms with Gasteiger partial charge in [0, 0.05) is 19.4 Å². The molecule has 140 valence electrons. The first-order valence-corrected chi connectivity index (χ1v) is 9.39. The molecular weight excluding hydrogens is 338 g/mol. The number of para-hydroxylation sites is 2. The van der Waals surface area contributed by atoms with E-state index in [0.717, 1.165) is 28.6 Å². The van der Waals surface area contributed by atoms with Crippen LogP contribution in [0.4, 0.5) is 0 Å². The van der Waals surface area contributed by atoms with Gasteiger partial charge in [0.05, 0.1) is 17.6 Å². The van der Waals surface area contributed by atoms with Crippen molar-refractivity contribution in [3.8, 4) is 0 Å². The molecule has 0 radical (unpaired) electrons. The number of hydrogen-bond donors (Lipinski definition) is 1. The minimum absolute atomic E-state index is 0.0448. The number of aryl methyl sites for hydroxylation is 2. The van der Waals surface area contributed by atoms with Gasteiger partial charge in [-0.05, 0) is 36.6 Å². The topological polar surface area (TPSA) is 64.0 Å². The molecule has 1 heterocycles. The average molecular weight is 363 g/mol. The summed E-state index contributed by atoms with van der Waals surface area (Å²) in [4.78, 5) is 29.6. The number of fused-ring (bicyclic) bond motifs is 1. The molecule has 0 aliphatic heterocycles. The maximum absolute atomic E-state index is 13.1. The quantitative estimate of drug-likeness (QED) is 0.701. The van der Waals surface area contributed by atoms with Crippen LogP contribution in [0.2, 0.25) is 0 Å². The van der Waals surface area contributed by atoms with Gasteiger partial charge in [0.25, 0.3) is 5.56 Å². The number of carbonyl (C=O) groups excluding carboxylic acids is 1. The lowest BCUT2D eigenvalue weighted by Gasteiger charge is -2.14. The van der Waals surface area contributed by atoms with Crippen molar-refractivity contribution >= 4 is 16.9 Å². The summed E-state index contributed by atoms with van der Waals surface area (Å²) < 4.78 is 1.77. The monoisotopic (exact) mass is 363 g/mol. The predicted octanol–water partition coefficient (Wildman–Crippen LogP) is 3.21. The molecule has 1 amide bonds. The highest BCUT2D eigenvalue weighted by Gasteiger charge is 2.13. The molecule has 2 aromatic carbocycles. The summed E-state index contributed by atoms with van der Waals surface area (Å²) >= 11 is 0. The third kappa shape index (κ3) is 4.42. The van der Waals surface area contributed by atoms with E-state index in [0.29, 0.717) is 25.2 Å². The van der Waals surface area contributed by atoms with E-state index in [1.165, 1.54) is 0 Å². The Bertz CT molecular complexity index is 1010. The Balaban J connectivity index is 1.96. The highest BCUT2D eigenvalue weighted by atomic mass is 16.1. The Morgan fingerprint density at radius 3 is 2.63 bits per heavy atom. The molecule has 0 aliphatic carbocycles. The Hall–Kier alpha value is -2.95. The summed E-state index contributed by atoms with van der Waals surface area (Å²) in [6, 6.07) is 15.7. The molecule has 0 fully saturated rings. The molecule has 0 saturated carbocycles. The molecule has 0 bridgehead atoms. The van der Waals surface area contributed by atoms with Crippen molar-refractivity contribution in [2.45, 2.75) is 39.7 Å². The molecule has 1 N–H and O–H groups in total. The number of nitrogens with one attached hydrogen (secondary N) is 1. The Kier molecular flexibility index (Phi) is 6.01. The highest BCUT2D eigenvalue weighted by Crippen LogP contribution is 2.15. The van der Waals surface area contributed by atoms with Crippen LogP contribution in [-0.4, -0.2) is 22.0 Å². The lowest BCUT2D eigenvalue weighted by Crippen LogP contribution is -2.29. The zero-order chi connectivity index (χ0) is 19.2. The Morgan fingerprint density at radius 1 is 1.11 bits per heavy atom. The molecule has 3 rings (SSSR count). The van der Waals surface area contributed by atoms with Gasteiger partial charge in [-0.3, -0.25) is 9.59 Å². The van der Waals surface area contributed by atoms with Gasteiger partial charge in [0.15, 0.2) is 0 Å². The van der Waals surface area contributed by atoms with Crippen LogP contribution < -0.4 is 10.9 Å². The van der Waals surface area contributed by atoms with Gasteiger partial charge in [0.2, 0.25) is 5.91 Å². The standard InChI is InChI=1S/C22H25N3O2/c1-3-14-23-21(26)13-12-19-22(27)25(15-17-9-5-4-8-16(17)2)20-11-7-6-10-18(20)24-19/h4-11H,3,12-15H2,1-2H3,(H,23,26). The number of amides is 1. The first-order chi connectivity index (χ1) is 13.1. The number of carbonyl (C=O) groups is 1. The van der Waals surface area contributed by atoms with E-state index in [4.69, 9.17) is 0 Å². The van der Waals surface area contributed by atoms with Crippen molar-refractivity contribution in [2.75, 3.05) is 6.54 Å². The lowest BCUT2D eigenvalue weighted by molar-refractivity contribution is -0.121. The SMILES string of the molecule is CCCNC(=O)CCc1nc2ccccc2n(Cc2ccccc2C)c1=O. The molecular formula is C22H25N3O2. The van der Waals surface area contributed by atoms with Crippen LogP contribution in [0.5, 0.6) is 0 Å². The van der Waals surface area contributed by atoms with Gasteiger partial charge in [-0.25, -0.2) is 4.98 Å². The third-order valence-corrected chi connectivity index (χ3v) is 4.67. The van der Waals surface area contributed by atoms with E-state index >= 15 is 0 Å². The zero-order valence-corrected chi connectivity index (χ0v) is 15.9. The molecule has 0 saturated heterocycles. The van der Waals surface area contributed by atoms with Crippen LogP contribution in [0, 0.1) is 6.92 Å². The number of nitrogens with zero attached hydrogens (tertiary/aromatic N) is 2. The molecule has 27 heavy (non-hydrogen) atoms. The lowest BCUT2D eigenvalue weighted by atomic mass is 10.1. The number of hydrogen-bond acceptors (Lipinski definition) is 3. The smallest absolute Gasteiger partial charge is 0.273 e. The van der Waals surface area contributed by atoms with Crippen molar-refractivity contribution in [3.63, 3.8) is 0 Å². The molecule has 0 unspecified atom stereocenters. The van der Waals surface area contributed by atoms with Crippen LogP contribution in [0.15, 0.2) is 53.3 Å². The summed E-state index contributed by atoms with van der Waals surface area (Å²) in [5, 5.41) is 2.85. The average Bonchev–Trinajstić information content (AvgIpc) is 2.68. The fraction of sp³-hybridized carbons (Fsp3) is 0.318. The largest absolute Gasteiger partial charge is 0.356 e. The minimum atomic E-state index is -0.125. The van der Waals surface area contributed by atoms with Crippen molar-refractivity contribution in [1.82, 2.24) is 14.9 Å². The van der Waals surface area contributed by atoms with Crippen molar-refractivity contribution in [1.29, 1.82) is 0 Å². The summed E-state index contributed by atoms with van der Waals surface area (Å²) in [5.74, 6) is -0.0448. The van der Waals surface area contributed by atoms with Crippen molar-refractivity contribution in [3.05, 3.63) is 75.7 Å². The third-order valence-electron chi connectivity index (χ3n) is 4.67. The molecule has 3 aromatic rings. The minimum Gasteiger partial charge on any atom is -0.356 e. The first-order valence-electron chi connectivity index (χ1n) is 9.39. The Morgan fingerprint density at radius 2 is 1.85 bits per heavy atom. The van der Waals surface area contributed by atoms with E-state index in [9.17, 15) is 9.59 Å². The Labute approximate surface area is 159 Å². The predicted molar refractivity (Wildman–Crippen MR) is 108 cm³/mol. The second-order valence-electron chi connectivity index (χ2n) is 6.71. The summed E-state index contributed by atoms with van der Waals surface area (Å²) in [6.07, 6.45) is 1.50. The van der Waals surface area contributed by atoms with E-state index < -0.39 is 0 Å². The maximum atomic E-state index is 13.1. The van der Waals surface area contributed by atoms with Crippen LogP contribution >= 0.6 is 0 Å². The van der Waals surface area contributed by atoms with E-state index in [1.807, 2.05) is 62.4 Å². The first kappa shape index (κ1) is 18.8. The van der Waals surface area contributed by atoms with Gasteiger partial charge in [-0.2, -0.15) is 0 Å². The van der Waals surface area contributed by atoms with Crippen LogP contribution in [0.1, 0.15) is 36.6 Å². The number of rotatable bonds is 7. The summed E-state index contributed by atoms with van der Waals surface area (Å²) in [7, 11) is 0. The van der Waals surface area contributed by atoms with E-state index in [-0.39, 0.29) is 17.9 Å². The van der Waals surface area contributed by atoms with Gasteiger partial charge < -0.3 is 9.88 Å². The number of benzene rings is 2. The molecule has 5 nitrogen and oxygen atoms in total. The second kappa shape index (κ2) is 8.62. The molecule has 0 aliphatic rings. The van der Waals surface area contributed by atoms with Gasteiger partial charge in [0.1, 0.15) is 5.69 Å². The summed E-state index contributed by atoms with van der Waals surface area (Å²) in [6.45, 7) is 5.20. The van der Waals surface area contributed by atoms with Gasteiger partial charge in [-0.1, -0.05) is 43.3 Å². The second-order valence-corrected chi connectivity index (χ2v) is 6.71. The molecule has 0 atom stereocenters. The van der Waals surface area contributed by atoms with E-state index in [2.05, 4.69) is 10.3 Å². The van der Waals surface area contributed by atoms with Crippen molar-refractivity contribution < 1.29 is 4.79 Å². The van der Waals surface area contributed by atoms with Crippen LogP contribution in [0.3, 0.4) is 0 Å². The molecule has 5 heteroatoms. The maximum Gasteiger partial charge on any atom is 0.273 e. The molecule has 0 spiro atoms. The van der Waals surface area contributed by atoms with Crippen LogP contribution in [0.25, 0.3) is 11.0 Å². The fourth-order valence-corrected chi connectivity index (χ4v) is 3.11. The summed E-state index contributed by atoms with van der Waals surface area (Å²) in [5.41, 5.74) is 4.14. The number of aromatic nitrogens is 2. The fourth-order valence-electron chi connectivity index (χ4n) is 3.11. The normalized spacial score (nSPS) is 10.9. The van der Waals surface area contributed by atoms with Crippen LogP contribution in [-0.2, 0) is 17.8 Å². The molecule has 1 aromatic heterocycles. The van der Waals surface area contributed by atoms with E-state index in [1.54, 1.807) is 4.57 Å². The van der Waals surface area contributed by atoms with Gasteiger partial charge >= 0.3 is 0 Å². The van der Waals surface area contributed by atoms with Gasteiger partial charge in [-0.15, -0.1) is 0 Å². The van der Waals surface area contributed by atoms with Crippen molar-refractivity contribution in [2.24, 2.45) is 0 Å². The highest BCUT2D eigenvalue weighted by molar-refractivity contribution is 5.77. The zero-order valence-electron chi connectivity index (χ0n) is 15.9.